The first-order chi connectivity index (χ1) is 13.5. The number of aromatic hydroxyl groups is 1. The number of hydrogen-bond acceptors (Lipinski definition) is 4. The van der Waals surface area contributed by atoms with Crippen LogP contribution in [0.25, 0.3) is 0 Å². The number of ketones is 1. The van der Waals surface area contributed by atoms with Crippen LogP contribution in [0.15, 0.2) is 54.6 Å². The van der Waals surface area contributed by atoms with Crippen LogP contribution < -0.4 is 5.32 Å². The zero-order valence-electron chi connectivity index (χ0n) is 16.3. The summed E-state index contributed by atoms with van der Waals surface area (Å²) in [6, 6.07) is 15.5. The normalized spacial score (nSPS) is 18.6. The van der Waals surface area contributed by atoms with Crippen LogP contribution in [0.4, 0.5) is 0 Å². The number of phenols is 1. The van der Waals surface area contributed by atoms with Crippen molar-refractivity contribution in [2.75, 3.05) is 13.6 Å². The Kier molecular flexibility index (Phi) is 8.69. The lowest BCUT2D eigenvalue weighted by atomic mass is 9.60. The Morgan fingerprint density at radius 2 is 1.46 bits per heavy atom. The Balaban J connectivity index is 0.000000177. The Bertz CT molecular complexity index is 742. The van der Waals surface area contributed by atoms with E-state index in [4.69, 9.17) is 5.11 Å². The molecule has 5 heteroatoms. The number of rotatable bonds is 5. The van der Waals surface area contributed by atoms with E-state index in [2.05, 4.69) is 5.32 Å². The summed E-state index contributed by atoms with van der Waals surface area (Å²) in [6.45, 7) is 0.551. The maximum Gasteiger partial charge on any atom is 0.304 e. The maximum absolute atomic E-state index is 11.9. The van der Waals surface area contributed by atoms with Gasteiger partial charge in [-0.25, -0.2) is 0 Å². The summed E-state index contributed by atoms with van der Waals surface area (Å²) in [7, 11) is 1.73. The highest BCUT2D eigenvalue weighted by Crippen LogP contribution is 2.49. The number of carbonyl (C=O) groups excluding carboxylic acids is 1. The molecule has 150 valence electrons. The number of carboxylic acids is 1. The summed E-state index contributed by atoms with van der Waals surface area (Å²) in [5.41, 5.74) is 0.919. The topological polar surface area (TPSA) is 86.6 Å². The molecule has 0 radical (unpaired) electrons. The van der Waals surface area contributed by atoms with Gasteiger partial charge in [0.15, 0.2) is 5.78 Å². The van der Waals surface area contributed by atoms with Crippen LogP contribution in [0.2, 0.25) is 0 Å². The molecule has 0 spiro atoms. The van der Waals surface area contributed by atoms with Crippen molar-refractivity contribution in [2.45, 2.75) is 32.1 Å². The van der Waals surface area contributed by atoms with Gasteiger partial charge in [-0.2, -0.15) is 0 Å². The Labute approximate surface area is 166 Å². The lowest BCUT2D eigenvalue weighted by molar-refractivity contribution is -0.136. The molecule has 5 nitrogen and oxygen atoms in total. The Morgan fingerprint density at radius 3 is 1.86 bits per heavy atom. The van der Waals surface area contributed by atoms with E-state index in [0.29, 0.717) is 17.7 Å². The van der Waals surface area contributed by atoms with Crippen LogP contribution >= 0.6 is 0 Å². The number of fused-ring (bicyclic) bond motifs is 1. The second-order valence-corrected chi connectivity index (χ2v) is 7.13. The summed E-state index contributed by atoms with van der Waals surface area (Å²) in [6.07, 6.45) is 6.45. The third-order valence-electron chi connectivity index (χ3n) is 5.26. The van der Waals surface area contributed by atoms with Crippen LogP contribution in [-0.4, -0.2) is 35.6 Å². The van der Waals surface area contributed by atoms with E-state index >= 15 is 0 Å². The number of benzene rings is 2. The molecule has 3 N–H and O–H groups in total. The van der Waals surface area contributed by atoms with Gasteiger partial charge < -0.3 is 15.5 Å². The van der Waals surface area contributed by atoms with Crippen molar-refractivity contribution >= 4 is 11.8 Å². The predicted molar refractivity (Wildman–Crippen MR) is 110 cm³/mol. The third kappa shape index (κ3) is 6.50. The molecule has 2 fully saturated rings. The van der Waals surface area contributed by atoms with Crippen LogP contribution in [0.3, 0.4) is 0 Å². The number of carboxylic acid groups (broad SMARTS) is 1. The molecule has 2 aromatic rings. The summed E-state index contributed by atoms with van der Waals surface area (Å²) < 4.78 is 0. The molecule has 2 aliphatic carbocycles. The van der Waals surface area contributed by atoms with Crippen LogP contribution in [0.1, 0.15) is 48.0 Å². The van der Waals surface area contributed by atoms with E-state index in [1.807, 2.05) is 6.07 Å². The van der Waals surface area contributed by atoms with Gasteiger partial charge in [0.25, 0.3) is 0 Å². The van der Waals surface area contributed by atoms with Crippen LogP contribution in [0, 0.1) is 11.8 Å². The highest BCUT2D eigenvalue weighted by Gasteiger charge is 2.37. The fourth-order valence-electron chi connectivity index (χ4n) is 3.21. The monoisotopic (exact) mass is 383 g/mol. The van der Waals surface area contributed by atoms with Gasteiger partial charge in [0.2, 0.25) is 0 Å². The number of hydrogen-bond donors (Lipinski definition) is 3. The molecule has 0 amide bonds. The first-order valence-corrected chi connectivity index (χ1v) is 9.77. The molecular formula is C23H29NO4. The van der Waals surface area contributed by atoms with E-state index in [-0.39, 0.29) is 18.0 Å². The quantitative estimate of drug-likeness (QED) is 0.677. The standard InChI is InChI=1S/C13H10O2.C6H10.C4H9NO2/c14-12-9-5-4-8-11(12)13(15)10-6-2-1-3-7-10;1-2-6-4-3-5(1)6;1-5-3-2-4(6)7/h1-9,14H;5-6H,1-4H2;5H,2-3H2,1H3,(H,6,7). The molecule has 0 atom stereocenters. The van der Waals surface area contributed by atoms with Crippen molar-refractivity contribution in [1.29, 1.82) is 0 Å². The van der Waals surface area contributed by atoms with Gasteiger partial charge >= 0.3 is 5.97 Å². The Hall–Kier alpha value is -2.66. The average Bonchev–Trinajstić information content (AvgIpc) is 2.70. The fraction of sp³-hybridized carbons (Fsp3) is 0.391. The number of aliphatic carboxylic acids is 1. The zero-order chi connectivity index (χ0) is 20.4. The van der Waals surface area contributed by atoms with E-state index in [9.17, 15) is 14.7 Å². The van der Waals surface area contributed by atoms with E-state index in [1.165, 1.54) is 17.9 Å². The van der Waals surface area contributed by atoms with Crippen molar-refractivity contribution in [3.63, 3.8) is 0 Å². The summed E-state index contributed by atoms with van der Waals surface area (Å²) in [4.78, 5) is 21.6. The van der Waals surface area contributed by atoms with E-state index in [0.717, 1.165) is 0 Å². The van der Waals surface area contributed by atoms with Gasteiger partial charge in [-0.1, -0.05) is 42.5 Å². The van der Waals surface area contributed by atoms with Gasteiger partial charge in [-0.15, -0.1) is 0 Å². The number of para-hydroxylation sites is 1. The first-order valence-electron chi connectivity index (χ1n) is 9.77. The summed E-state index contributed by atoms with van der Waals surface area (Å²) in [5.74, 6) is 1.53. The summed E-state index contributed by atoms with van der Waals surface area (Å²) >= 11 is 0. The molecule has 2 aromatic carbocycles. The van der Waals surface area contributed by atoms with Crippen LogP contribution in [-0.2, 0) is 4.79 Å². The lowest BCUT2D eigenvalue weighted by Crippen LogP contribution is -2.34. The van der Waals surface area contributed by atoms with Crippen molar-refractivity contribution in [3.05, 3.63) is 65.7 Å². The molecule has 0 heterocycles. The molecule has 4 rings (SSSR count). The largest absolute Gasteiger partial charge is 0.507 e. The minimum absolute atomic E-state index is 0.0198. The van der Waals surface area contributed by atoms with Gasteiger partial charge in [0.1, 0.15) is 5.75 Å². The fourth-order valence-corrected chi connectivity index (χ4v) is 3.21. The number of phenolic OH excluding ortho intramolecular Hbond substituents is 1. The maximum atomic E-state index is 11.9. The summed E-state index contributed by atoms with van der Waals surface area (Å²) in [5, 5.41) is 20.2. The lowest BCUT2D eigenvalue weighted by Gasteiger charge is -2.46. The van der Waals surface area contributed by atoms with Gasteiger partial charge in [0, 0.05) is 12.1 Å². The average molecular weight is 383 g/mol. The third-order valence-corrected chi connectivity index (χ3v) is 5.26. The first kappa shape index (κ1) is 21.6. The molecule has 28 heavy (non-hydrogen) atoms. The molecule has 0 bridgehead atoms. The molecule has 0 aromatic heterocycles. The van der Waals surface area contributed by atoms with E-state index < -0.39 is 5.97 Å². The molecular weight excluding hydrogens is 354 g/mol. The Morgan fingerprint density at radius 1 is 0.929 bits per heavy atom. The van der Waals surface area contributed by atoms with Crippen LogP contribution in [0.5, 0.6) is 5.75 Å². The van der Waals surface area contributed by atoms with Gasteiger partial charge in [-0.05, 0) is 56.7 Å². The van der Waals surface area contributed by atoms with Crippen molar-refractivity contribution < 1.29 is 19.8 Å². The van der Waals surface area contributed by atoms with Crippen molar-refractivity contribution in [3.8, 4) is 5.75 Å². The minimum atomic E-state index is -0.755. The molecule has 0 saturated heterocycles. The van der Waals surface area contributed by atoms with E-state index in [1.54, 1.807) is 75.2 Å². The van der Waals surface area contributed by atoms with Gasteiger partial charge in [-0.3, -0.25) is 9.59 Å². The second-order valence-electron chi connectivity index (χ2n) is 7.13. The van der Waals surface area contributed by atoms with Crippen molar-refractivity contribution in [1.82, 2.24) is 5.32 Å². The molecule has 0 unspecified atom stereocenters. The molecule has 2 aliphatic rings. The predicted octanol–water partition coefficient (Wildman–Crippen LogP) is 4.11. The second kappa shape index (κ2) is 11.2. The minimum Gasteiger partial charge on any atom is -0.507 e. The highest BCUT2D eigenvalue weighted by molar-refractivity contribution is 6.10. The smallest absolute Gasteiger partial charge is 0.304 e. The zero-order valence-corrected chi connectivity index (χ0v) is 16.3. The number of nitrogens with one attached hydrogen (secondary N) is 1. The molecule has 2 saturated carbocycles. The highest BCUT2D eigenvalue weighted by atomic mass is 16.4. The SMILES string of the molecule is C1CC2CCC12.CNCCC(=O)O.O=C(c1ccccc1)c1ccccc1O. The van der Waals surface area contributed by atoms with Crippen molar-refractivity contribution in [2.24, 2.45) is 11.8 Å². The molecule has 0 aliphatic heterocycles. The number of carbonyl (C=O) groups is 2. The van der Waals surface area contributed by atoms with Gasteiger partial charge in [0.05, 0.1) is 12.0 Å².